The van der Waals surface area contributed by atoms with Crippen LogP contribution < -0.4 is 24.8 Å². The van der Waals surface area contributed by atoms with E-state index in [1.165, 1.54) is 18.8 Å². The molecule has 32 heavy (non-hydrogen) atoms. The van der Waals surface area contributed by atoms with Gasteiger partial charge in [-0.1, -0.05) is 35.9 Å². The van der Waals surface area contributed by atoms with Crippen molar-refractivity contribution in [3.63, 3.8) is 0 Å². The first-order valence-corrected chi connectivity index (χ1v) is 10.7. The lowest BCUT2D eigenvalue weighted by Crippen LogP contribution is -2.35. The lowest BCUT2D eigenvalue weighted by Gasteiger charge is -2.09. The van der Waals surface area contributed by atoms with E-state index in [2.05, 4.69) is 5.32 Å². The van der Waals surface area contributed by atoms with Crippen molar-refractivity contribution in [1.82, 2.24) is 9.88 Å². The summed E-state index contributed by atoms with van der Waals surface area (Å²) in [6.07, 6.45) is 1.69. The first-order chi connectivity index (χ1) is 15.5. The Balaban J connectivity index is 2.32. The zero-order valence-electron chi connectivity index (χ0n) is 17.4. The second-order valence-electron chi connectivity index (χ2n) is 6.52. The van der Waals surface area contributed by atoms with Crippen LogP contribution in [0.15, 0.2) is 53.3 Å². The van der Waals surface area contributed by atoms with Gasteiger partial charge in [0.15, 0.2) is 5.57 Å². The highest BCUT2D eigenvalue weighted by Crippen LogP contribution is 2.19. The summed E-state index contributed by atoms with van der Waals surface area (Å²) in [5, 5.41) is 13.0. The number of nitriles is 1. The van der Waals surface area contributed by atoms with Crippen LogP contribution in [-0.2, 0) is 9.53 Å². The van der Waals surface area contributed by atoms with Crippen LogP contribution in [0.25, 0.3) is 17.3 Å². The highest BCUT2D eigenvalue weighted by molar-refractivity contribution is 7.07. The molecule has 7 nitrogen and oxygen atoms in total. The number of rotatable bonds is 7. The highest BCUT2D eigenvalue weighted by atomic mass is 35.5. The average Bonchev–Trinajstić information content (AvgIpc) is 3.11. The second-order valence-corrected chi connectivity index (χ2v) is 7.98. The third-order valence-electron chi connectivity index (χ3n) is 4.46. The van der Waals surface area contributed by atoms with Gasteiger partial charge >= 0.3 is 0 Å². The number of para-hydroxylation sites is 2. The van der Waals surface area contributed by atoms with E-state index in [1.807, 2.05) is 6.07 Å². The summed E-state index contributed by atoms with van der Waals surface area (Å²) in [6, 6.07) is 15.9. The largest absolute Gasteiger partial charge is 0.495 e. The molecule has 9 heteroatoms. The molecule has 0 unspecified atom stereocenters. The van der Waals surface area contributed by atoms with Crippen LogP contribution in [0.2, 0.25) is 5.02 Å². The molecule has 0 spiro atoms. The molecular weight excluding hydrogens is 450 g/mol. The van der Waals surface area contributed by atoms with Crippen LogP contribution in [0.4, 0.5) is 0 Å². The van der Waals surface area contributed by atoms with Crippen molar-refractivity contribution in [2.45, 2.75) is 0 Å². The van der Waals surface area contributed by atoms with Gasteiger partial charge in [-0.15, -0.1) is 11.3 Å². The van der Waals surface area contributed by atoms with Crippen molar-refractivity contribution < 1.29 is 14.3 Å². The van der Waals surface area contributed by atoms with Crippen LogP contribution in [0.3, 0.4) is 0 Å². The fourth-order valence-electron chi connectivity index (χ4n) is 2.94. The molecule has 0 aliphatic heterocycles. The minimum absolute atomic E-state index is 0.176. The minimum atomic E-state index is -0.590. The number of ether oxygens (including phenoxy) is 2. The molecular formula is C23H20ClN3O4S. The van der Waals surface area contributed by atoms with E-state index in [9.17, 15) is 14.9 Å². The van der Waals surface area contributed by atoms with Gasteiger partial charge < -0.3 is 14.8 Å². The SMILES string of the molecule is COCCNC(=O)/C(C#N)=c1\s/c(=C\c2ccc(Cl)cc2)c(=O)n1-c1ccccc1OC. The number of carbonyl (C=O) groups is 1. The Morgan fingerprint density at radius 1 is 1.22 bits per heavy atom. The smallest absolute Gasteiger partial charge is 0.273 e. The molecule has 2 aromatic carbocycles. The highest BCUT2D eigenvalue weighted by Gasteiger charge is 2.18. The van der Waals surface area contributed by atoms with E-state index in [0.29, 0.717) is 27.6 Å². The fourth-order valence-corrected chi connectivity index (χ4v) is 4.17. The number of benzene rings is 2. The Kier molecular flexibility index (Phi) is 7.84. The number of nitrogens with one attached hydrogen (secondary N) is 1. The van der Waals surface area contributed by atoms with Gasteiger partial charge in [-0.2, -0.15) is 5.26 Å². The normalized spacial score (nSPS) is 12.2. The lowest BCUT2D eigenvalue weighted by molar-refractivity contribution is -0.115. The van der Waals surface area contributed by atoms with Gasteiger partial charge in [0, 0.05) is 18.7 Å². The maximum absolute atomic E-state index is 13.4. The van der Waals surface area contributed by atoms with Crippen molar-refractivity contribution in [3.8, 4) is 17.5 Å². The third-order valence-corrected chi connectivity index (χ3v) is 5.81. The Labute approximate surface area is 193 Å². The lowest BCUT2D eigenvalue weighted by atomic mass is 10.2. The van der Waals surface area contributed by atoms with E-state index >= 15 is 0 Å². The average molecular weight is 470 g/mol. The summed E-state index contributed by atoms with van der Waals surface area (Å²) in [6.45, 7) is 0.526. The van der Waals surface area contributed by atoms with Gasteiger partial charge in [-0.25, -0.2) is 0 Å². The maximum Gasteiger partial charge on any atom is 0.273 e. The van der Waals surface area contributed by atoms with Crippen molar-refractivity contribution in [2.75, 3.05) is 27.4 Å². The van der Waals surface area contributed by atoms with Gasteiger partial charge in [0.2, 0.25) is 0 Å². The van der Waals surface area contributed by atoms with Gasteiger partial charge in [-0.05, 0) is 35.9 Å². The summed E-state index contributed by atoms with van der Waals surface area (Å²) < 4.78 is 12.2. The number of methoxy groups -OCH3 is 2. The Hall–Kier alpha value is -3.38. The molecule has 0 saturated carbocycles. The molecule has 1 heterocycles. The molecule has 0 radical (unpaired) electrons. The number of aromatic nitrogens is 1. The number of hydrogen-bond donors (Lipinski definition) is 1. The summed E-state index contributed by atoms with van der Waals surface area (Å²) in [7, 11) is 3.00. The van der Waals surface area contributed by atoms with Crippen molar-refractivity contribution in [2.24, 2.45) is 0 Å². The number of carbonyl (C=O) groups excluding carboxylic acids is 1. The second kappa shape index (κ2) is 10.8. The van der Waals surface area contributed by atoms with Crippen LogP contribution in [0.1, 0.15) is 5.56 Å². The molecule has 1 aromatic heterocycles. The van der Waals surface area contributed by atoms with Gasteiger partial charge in [-0.3, -0.25) is 14.2 Å². The van der Waals surface area contributed by atoms with Gasteiger partial charge in [0.1, 0.15) is 16.5 Å². The summed E-state index contributed by atoms with van der Waals surface area (Å²) in [5.74, 6) is -0.156. The third kappa shape index (κ3) is 5.08. The Morgan fingerprint density at radius 3 is 2.59 bits per heavy atom. The predicted octanol–water partition coefficient (Wildman–Crippen LogP) is 1.83. The molecule has 3 aromatic rings. The first-order valence-electron chi connectivity index (χ1n) is 9.54. The fraction of sp³-hybridized carbons (Fsp3) is 0.174. The van der Waals surface area contributed by atoms with Crippen molar-refractivity contribution in [3.05, 3.63) is 78.7 Å². The molecule has 1 N–H and O–H groups in total. The Bertz CT molecular complexity index is 1340. The van der Waals surface area contributed by atoms with E-state index in [4.69, 9.17) is 21.1 Å². The van der Waals surface area contributed by atoms with Crippen LogP contribution >= 0.6 is 22.9 Å². The Morgan fingerprint density at radius 2 is 1.94 bits per heavy atom. The number of thiazole rings is 1. The molecule has 0 saturated heterocycles. The molecule has 0 atom stereocenters. The zero-order valence-corrected chi connectivity index (χ0v) is 19.0. The predicted molar refractivity (Wildman–Crippen MR) is 125 cm³/mol. The van der Waals surface area contributed by atoms with E-state index in [0.717, 1.165) is 16.9 Å². The molecule has 164 valence electrons. The number of amides is 1. The molecule has 1 amide bonds. The summed E-state index contributed by atoms with van der Waals surface area (Å²) in [4.78, 5) is 26.1. The zero-order chi connectivity index (χ0) is 23.1. The minimum Gasteiger partial charge on any atom is -0.495 e. The number of halogens is 1. The number of nitrogens with zero attached hydrogens (tertiary/aromatic N) is 2. The maximum atomic E-state index is 13.4. The summed E-state index contributed by atoms with van der Waals surface area (Å²) in [5.41, 5.74) is 0.640. The quantitative estimate of drug-likeness (QED) is 0.533. The van der Waals surface area contributed by atoms with Crippen LogP contribution in [0, 0.1) is 11.3 Å². The summed E-state index contributed by atoms with van der Waals surface area (Å²) >= 11 is 7.01. The van der Waals surface area contributed by atoms with E-state index in [1.54, 1.807) is 54.6 Å². The van der Waals surface area contributed by atoms with Crippen molar-refractivity contribution >= 4 is 40.5 Å². The first kappa shape index (κ1) is 23.3. The molecule has 3 rings (SSSR count). The van der Waals surface area contributed by atoms with Crippen LogP contribution in [-0.4, -0.2) is 37.8 Å². The topological polar surface area (TPSA) is 93.4 Å². The van der Waals surface area contributed by atoms with Gasteiger partial charge in [0.25, 0.3) is 11.5 Å². The van der Waals surface area contributed by atoms with Crippen molar-refractivity contribution in [1.29, 1.82) is 5.26 Å². The molecule has 0 aliphatic rings. The molecule has 0 aliphatic carbocycles. The van der Waals surface area contributed by atoms with E-state index < -0.39 is 5.91 Å². The van der Waals surface area contributed by atoms with Gasteiger partial charge in [0.05, 0.1) is 23.9 Å². The monoisotopic (exact) mass is 469 g/mol. The standard InChI is InChI=1S/C23H20ClN3O4S/c1-30-12-11-26-21(28)17(14-25)23-27(18-5-3-4-6-19(18)31-2)22(29)20(32-23)13-15-7-9-16(24)10-8-15/h3-10,13H,11-12H2,1-2H3,(H,26,28)/b20-13-,23-17-. The van der Waals surface area contributed by atoms with E-state index in [-0.39, 0.29) is 22.3 Å². The molecule has 0 fully saturated rings. The van der Waals surface area contributed by atoms with Crippen LogP contribution in [0.5, 0.6) is 5.75 Å². The number of hydrogen-bond acceptors (Lipinski definition) is 6. The molecule has 0 bridgehead atoms.